The third kappa shape index (κ3) is 2.33. The zero-order chi connectivity index (χ0) is 16.8. The maximum absolute atomic E-state index is 12.7. The molecular formula is C17H13N3O3S. The van der Waals surface area contributed by atoms with Gasteiger partial charge in [-0.3, -0.25) is 19.5 Å². The predicted molar refractivity (Wildman–Crippen MR) is 94.2 cm³/mol. The van der Waals surface area contributed by atoms with E-state index in [1.807, 2.05) is 0 Å². The van der Waals surface area contributed by atoms with E-state index in [0.29, 0.717) is 23.3 Å². The molecule has 6 nitrogen and oxygen atoms in total. The Morgan fingerprint density at radius 3 is 2.88 bits per heavy atom. The highest BCUT2D eigenvalue weighted by Crippen LogP contribution is 2.30. The van der Waals surface area contributed by atoms with Crippen molar-refractivity contribution in [3.63, 3.8) is 0 Å². The molecule has 2 aromatic heterocycles. The van der Waals surface area contributed by atoms with Crippen LogP contribution in [0.25, 0.3) is 22.6 Å². The minimum atomic E-state index is -0.499. The zero-order valence-corrected chi connectivity index (χ0v) is 13.7. The molecule has 1 aliphatic rings. The average molecular weight is 339 g/mol. The first kappa shape index (κ1) is 14.8. The summed E-state index contributed by atoms with van der Waals surface area (Å²) in [7, 11) is 0. The van der Waals surface area contributed by atoms with Crippen molar-refractivity contribution >= 4 is 39.6 Å². The number of rotatable bonds is 2. The van der Waals surface area contributed by atoms with Gasteiger partial charge in [-0.1, -0.05) is 0 Å². The molecule has 0 unspecified atom stereocenters. The molecule has 1 aliphatic heterocycles. The first-order valence-corrected chi connectivity index (χ1v) is 8.31. The van der Waals surface area contributed by atoms with Crippen LogP contribution in [0.4, 0.5) is 5.69 Å². The Bertz CT molecular complexity index is 1080. The van der Waals surface area contributed by atoms with E-state index in [1.165, 1.54) is 17.0 Å². The Balaban J connectivity index is 1.89. The molecule has 0 aliphatic carbocycles. The van der Waals surface area contributed by atoms with Crippen molar-refractivity contribution in [2.75, 3.05) is 0 Å². The van der Waals surface area contributed by atoms with Crippen LogP contribution < -0.4 is 5.56 Å². The summed E-state index contributed by atoms with van der Waals surface area (Å²) >= 11 is 1.70. The van der Waals surface area contributed by atoms with E-state index in [9.17, 15) is 14.9 Å². The first-order chi connectivity index (χ1) is 11.5. The van der Waals surface area contributed by atoms with E-state index in [4.69, 9.17) is 0 Å². The lowest BCUT2D eigenvalue weighted by Crippen LogP contribution is -2.20. The second-order valence-electron chi connectivity index (χ2n) is 5.72. The first-order valence-electron chi connectivity index (χ1n) is 7.49. The van der Waals surface area contributed by atoms with Crippen molar-refractivity contribution in [1.82, 2.24) is 9.55 Å². The summed E-state index contributed by atoms with van der Waals surface area (Å²) in [5.41, 5.74) is 1.20. The van der Waals surface area contributed by atoms with Crippen molar-refractivity contribution in [3.8, 4) is 0 Å². The molecule has 1 aromatic carbocycles. The van der Waals surface area contributed by atoms with Crippen LogP contribution >= 0.6 is 11.3 Å². The molecule has 24 heavy (non-hydrogen) atoms. The molecule has 3 heterocycles. The van der Waals surface area contributed by atoms with Gasteiger partial charge in [-0.25, -0.2) is 4.98 Å². The van der Waals surface area contributed by atoms with E-state index in [1.54, 1.807) is 22.0 Å². The fourth-order valence-electron chi connectivity index (χ4n) is 2.96. The standard InChI is InChI=1S/C17H13N3O3S/c1-10-2-4-13(24-10)8-11-6-7-19-16(11)18-15-5-3-12(20(22)23)9-14(15)17(19)21/h2-5,8-9H,6-7H2,1H3/b11-8-. The Morgan fingerprint density at radius 2 is 2.17 bits per heavy atom. The quantitative estimate of drug-likeness (QED) is 0.528. The highest BCUT2D eigenvalue weighted by atomic mass is 32.1. The number of non-ortho nitro benzene ring substituents is 1. The second-order valence-corrected chi connectivity index (χ2v) is 7.04. The number of allylic oxidation sites excluding steroid dienone is 1. The molecule has 3 aromatic rings. The fraction of sp³-hybridized carbons (Fsp3) is 0.176. The van der Waals surface area contributed by atoms with Gasteiger partial charge < -0.3 is 0 Å². The molecular weight excluding hydrogens is 326 g/mol. The van der Waals surface area contributed by atoms with Gasteiger partial charge in [0.15, 0.2) is 0 Å². The van der Waals surface area contributed by atoms with Crippen LogP contribution in [0.1, 0.15) is 22.0 Å². The van der Waals surface area contributed by atoms with Gasteiger partial charge in [0.05, 0.1) is 15.8 Å². The molecule has 0 fully saturated rings. The molecule has 0 saturated carbocycles. The largest absolute Gasteiger partial charge is 0.292 e. The van der Waals surface area contributed by atoms with Crippen molar-refractivity contribution in [1.29, 1.82) is 0 Å². The molecule has 0 N–H and O–H groups in total. The third-order valence-corrected chi connectivity index (χ3v) is 5.07. The zero-order valence-electron chi connectivity index (χ0n) is 12.9. The molecule has 120 valence electrons. The molecule has 4 rings (SSSR count). The van der Waals surface area contributed by atoms with E-state index in [-0.39, 0.29) is 11.2 Å². The van der Waals surface area contributed by atoms with E-state index >= 15 is 0 Å². The minimum Gasteiger partial charge on any atom is -0.292 e. The number of aryl methyl sites for hydroxylation is 1. The maximum atomic E-state index is 12.7. The Labute approximate surface area is 140 Å². The highest BCUT2D eigenvalue weighted by Gasteiger charge is 2.22. The number of hydrogen-bond acceptors (Lipinski definition) is 5. The number of aromatic nitrogens is 2. The van der Waals surface area contributed by atoms with E-state index in [2.05, 4.69) is 30.1 Å². The van der Waals surface area contributed by atoms with Gasteiger partial charge >= 0.3 is 0 Å². The van der Waals surface area contributed by atoms with Gasteiger partial charge in [0, 0.05) is 28.4 Å². The number of nitro benzene ring substituents is 1. The molecule has 0 bridgehead atoms. The Hall–Kier alpha value is -2.80. The van der Waals surface area contributed by atoms with Crippen LogP contribution in [0.5, 0.6) is 0 Å². The summed E-state index contributed by atoms with van der Waals surface area (Å²) in [6.45, 7) is 2.61. The van der Waals surface area contributed by atoms with Gasteiger partial charge in [-0.05, 0) is 43.2 Å². The lowest BCUT2D eigenvalue weighted by Gasteiger charge is -2.05. The SMILES string of the molecule is Cc1ccc(/C=C2/CCn3c2nc2ccc([N+](=O)[O-])cc2c3=O)s1. The van der Waals surface area contributed by atoms with Gasteiger partial charge in [-0.15, -0.1) is 11.3 Å². The van der Waals surface area contributed by atoms with Gasteiger partial charge in [0.1, 0.15) is 5.82 Å². The smallest absolute Gasteiger partial charge is 0.270 e. The van der Waals surface area contributed by atoms with E-state index in [0.717, 1.165) is 16.9 Å². The van der Waals surface area contributed by atoms with Crippen LogP contribution in [-0.2, 0) is 6.54 Å². The number of nitro groups is 1. The predicted octanol–water partition coefficient (Wildman–Crippen LogP) is 3.62. The molecule has 0 radical (unpaired) electrons. The van der Waals surface area contributed by atoms with Crippen molar-refractivity contribution in [3.05, 3.63) is 66.4 Å². The molecule has 0 amide bonds. The average Bonchev–Trinajstić information content (AvgIpc) is 3.14. The summed E-state index contributed by atoms with van der Waals surface area (Å²) in [5.74, 6) is 0.660. The van der Waals surface area contributed by atoms with Gasteiger partial charge in [-0.2, -0.15) is 0 Å². The van der Waals surface area contributed by atoms with Crippen molar-refractivity contribution in [2.24, 2.45) is 0 Å². The lowest BCUT2D eigenvalue weighted by atomic mass is 10.2. The molecule has 7 heteroatoms. The van der Waals surface area contributed by atoms with Crippen molar-refractivity contribution in [2.45, 2.75) is 19.9 Å². The van der Waals surface area contributed by atoms with Gasteiger partial charge in [0.2, 0.25) is 0 Å². The topological polar surface area (TPSA) is 78.0 Å². The van der Waals surface area contributed by atoms with Crippen LogP contribution in [0.15, 0.2) is 35.1 Å². The molecule has 0 atom stereocenters. The monoisotopic (exact) mass is 339 g/mol. The number of benzene rings is 1. The normalized spacial score (nSPS) is 15.1. The number of thiophene rings is 1. The second kappa shape index (κ2) is 5.38. The van der Waals surface area contributed by atoms with E-state index < -0.39 is 4.92 Å². The number of fused-ring (bicyclic) bond motifs is 2. The van der Waals surface area contributed by atoms with Crippen LogP contribution in [-0.4, -0.2) is 14.5 Å². The Morgan fingerprint density at radius 1 is 1.33 bits per heavy atom. The summed E-state index contributed by atoms with van der Waals surface area (Å²) in [5, 5.41) is 11.2. The van der Waals surface area contributed by atoms with Crippen LogP contribution in [0.2, 0.25) is 0 Å². The summed E-state index contributed by atoms with van der Waals surface area (Å²) in [6, 6.07) is 8.35. The van der Waals surface area contributed by atoms with Crippen LogP contribution in [0, 0.1) is 17.0 Å². The van der Waals surface area contributed by atoms with Gasteiger partial charge in [0.25, 0.3) is 11.2 Å². The Kier molecular flexibility index (Phi) is 3.31. The fourth-order valence-corrected chi connectivity index (χ4v) is 3.80. The number of nitrogens with zero attached hydrogens (tertiary/aromatic N) is 3. The lowest BCUT2D eigenvalue weighted by molar-refractivity contribution is -0.384. The third-order valence-electron chi connectivity index (χ3n) is 4.12. The molecule has 0 saturated heterocycles. The number of hydrogen-bond donors (Lipinski definition) is 0. The molecule has 0 spiro atoms. The summed E-state index contributed by atoms with van der Waals surface area (Å²) in [4.78, 5) is 30.0. The summed E-state index contributed by atoms with van der Waals surface area (Å²) in [6.07, 6.45) is 2.80. The minimum absolute atomic E-state index is 0.0928. The van der Waals surface area contributed by atoms with Crippen LogP contribution in [0.3, 0.4) is 0 Å². The van der Waals surface area contributed by atoms with Crippen molar-refractivity contribution < 1.29 is 4.92 Å². The highest BCUT2D eigenvalue weighted by molar-refractivity contribution is 7.12. The summed E-state index contributed by atoms with van der Waals surface area (Å²) < 4.78 is 1.61. The maximum Gasteiger partial charge on any atom is 0.270 e.